The summed E-state index contributed by atoms with van der Waals surface area (Å²) in [5.41, 5.74) is 5.66. The van der Waals surface area contributed by atoms with Gasteiger partial charge in [-0.2, -0.15) is 0 Å². The molecular formula is C20H25NO2. The van der Waals surface area contributed by atoms with Gasteiger partial charge in [0.05, 0.1) is 0 Å². The highest BCUT2D eigenvalue weighted by Crippen LogP contribution is 2.23. The van der Waals surface area contributed by atoms with E-state index in [4.69, 9.17) is 4.74 Å². The molecule has 0 aliphatic heterocycles. The molecule has 3 nitrogen and oxygen atoms in total. The standard InChI is InChI=1S/C20H25NO2/c1-13(2)11-18-14(3)16(5)21-19(15(18)4)20(22)23-12-17-9-7-6-8-10-17/h6-10,13H,11-12H2,1-5H3. The zero-order chi connectivity index (χ0) is 17.0. The quantitative estimate of drug-likeness (QED) is 0.760. The zero-order valence-electron chi connectivity index (χ0n) is 14.6. The minimum absolute atomic E-state index is 0.271. The van der Waals surface area contributed by atoms with Crippen LogP contribution in [0.4, 0.5) is 0 Å². The lowest BCUT2D eigenvalue weighted by Crippen LogP contribution is -2.14. The fourth-order valence-electron chi connectivity index (χ4n) is 2.68. The highest BCUT2D eigenvalue weighted by molar-refractivity contribution is 5.89. The van der Waals surface area contributed by atoms with E-state index in [9.17, 15) is 4.79 Å². The molecule has 122 valence electrons. The van der Waals surface area contributed by atoms with Crippen molar-refractivity contribution in [2.45, 2.75) is 47.6 Å². The molecule has 2 aromatic rings. The van der Waals surface area contributed by atoms with Crippen LogP contribution in [0.25, 0.3) is 0 Å². The summed E-state index contributed by atoms with van der Waals surface area (Å²) in [5, 5.41) is 0. The summed E-state index contributed by atoms with van der Waals surface area (Å²) in [6.07, 6.45) is 0.944. The highest BCUT2D eigenvalue weighted by atomic mass is 16.5. The highest BCUT2D eigenvalue weighted by Gasteiger charge is 2.19. The molecule has 0 spiro atoms. The van der Waals surface area contributed by atoms with E-state index in [1.54, 1.807) is 0 Å². The molecular weight excluding hydrogens is 286 g/mol. The minimum atomic E-state index is -0.348. The molecule has 1 aromatic carbocycles. The Morgan fingerprint density at radius 1 is 1.09 bits per heavy atom. The molecule has 1 heterocycles. The van der Waals surface area contributed by atoms with Gasteiger partial charge in [0.15, 0.2) is 5.69 Å². The number of ether oxygens (including phenoxy) is 1. The Balaban J connectivity index is 2.24. The lowest BCUT2D eigenvalue weighted by Gasteiger charge is -2.17. The fourth-order valence-corrected chi connectivity index (χ4v) is 2.68. The number of pyridine rings is 1. The molecule has 0 aliphatic rings. The smallest absolute Gasteiger partial charge is 0.357 e. The first kappa shape index (κ1) is 17.2. The summed E-state index contributed by atoms with van der Waals surface area (Å²) in [5.74, 6) is 0.182. The van der Waals surface area contributed by atoms with Crippen molar-refractivity contribution in [3.63, 3.8) is 0 Å². The van der Waals surface area contributed by atoms with Gasteiger partial charge in [-0.15, -0.1) is 0 Å². The summed E-state index contributed by atoms with van der Waals surface area (Å²) in [4.78, 5) is 16.9. The van der Waals surface area contributed by atoms with E-state index in [0.29, 0.717) is 11.6 Å². The predicted molar refractivity (Wildman–Crippen MR) is 92.6 cm³/mol. The average molecular weight is 311 g/mol. The number of carbonyl (C=O) groups excluding carboxylic acids is 1. The number of carbonyl (C=O) groups is 1. The van der Waals surface area contributed by atoms with Gasteiger partial charge in [0, 0.05) is 5.69 Å². The third-order valence-corrected chi connectivity index (χ3v) is 4.10. The van der Waals surface area contributed by atoms with Crippen LogP contribution in [0.1, 0.15) is 52.3 Å². The third-order valence-electron chi connectivity index (χ3n) is 4.10. The van der Waals surface area contributed by atoms with Crippen molar-refractivity contribution in [1.82, 2.24) is 4.98 Å². The zero-order valence-corrected chi connectivity index (χ0v) is 14.6. The summed E-state index contributed by atoms with van der Waals surface area (Å²) < 4.78 is 5.45. The molecule has 0 amide bonds. The van der Waals surface area contributed by atoms with E-state index in [0.717, 1.165) is 23.2 Å². The maximum absolute atomic E-state index is 12.5. The van der Waals surface area contributed by atoms with E-state index in [1.165, 1.54) is 11.1 Å². The van der Waals surface area contributed by atoms with Crippen LogP contribution in [-0.2, 0) is 17.8 Å². The molecule has 0 unspecified atom stereocenters. The summed E-state index contributed by atoms with van der Waals surface area (Å²) in [7, 11) is 0. The maximum Gasteiger partial charge on any atom is 0.357 e. The van der Waals surface area contributed by atoms with Crippen LogP contribution >= 0.6 is 0 Å². The molecule has 0 fully saturated rings. The normalized spacial score (nSPS) is 10.9. The molecule has 0 atom stereocenters. The van der Waals surface area contributed by atoms with E-state index < -0.39 is 0 Å². The summed E-state index contributed by atoms with van der Waals surface area (Å²) >= 11 is 0. The average Bonchev–Trinajstić information content (AvgIpc) is 2.53. The summed E-state index contributed by atoms with van der Waals surface area (Å²) in [6, 6.07) is 9.70. The van der Waals surface area contributed by atoms with Crippen molar-refractivity contribution in [2.75, 3.05) is 0 Å². The van der Waals surface area contributed by atoms with Crippen molar-refractivity contribution >= 4 is 5.97 Å². The Hall–Kier alpha value is -2.16. The molecule has 0 N–H and O–H groups in total. The molecule has 3 heteroatoms. The molecule has 2 rings (SSSR count). The molecule has 0 aliphatic carbocycles. The first-order valence-electron chi connectivity index (χ1n) is 8.07. The third kappa shape index (κ3) is 4.19. The molecule has 0 saturated heterocycles. The Labute approximate surface area is 138 Å². The van der Waals surface area contributed by atoms with Gasteiger partial charge in [0.1, 0.15) is 6.61 Å². The molecule has 23 heavy (non-hydrogen) atoms. The number of esters is 1. The lowest BCUT2D eigenvalue weighted by atomic mass is 9.93. The number of hydrogen-bond acceptors (Lipinski definition) is 3. The van der Waals surface area contributed by atoms with Crippen molar-refractivity contribution in [3.8, 4) is 0 Å². The molecule has 0 bridgehead atoms. The minimum Gasteiger partial charge on any atom is -0.456 e. The van der Waals surface area contributed by atoms with Gasteiger partial charge in [0.25, 0.3) is 0 Å². The number of aryl methyl sites for hydroxylation is 1. The van der Waals surface area contributed by atoms with Crippen LogP contribution in [-0.4, -0.2) is 11.0 Å². The maximum atomic E-state index is 12.5. The van der Waals surface area contributed by atoms with Crippen LogP contribution in [0.5, 0.6) is 0 Å². The summed E-state index contributed by atoms with van der Waals surface area (Å²) in [6.45, 7) is 10.6. The number of benzene rings is 1. The van der Waals surface area contributed by atoms with E-state index in [2.05, 4.69) is 25.8 Å². The van der Waals surface area contributed by atoms with Crippen LogP contribution in [0.2, 0.25) is 0 Å². The largest absolute Gasteiger partial charge is 0.456 e. The Morgan fingerprint density at radius 3 is 2.35 bits per heavy atom. The monoisotopic (exact) mass is 311 g/mol. The fraction of sp³-hybridized carbons (Fsp3) is 0.400. The van der Waals surface area contributed by atoms with E-state index in [1.807, 2.05) is 44.2 Å². The molecule has 1 aromatic heterocycles. The van der Waals surface area contributed by atoms with Crippen molar-refractivity contribution in [2.24, 2.45) is 5.92 Å². The second-order valence-electron chi connectivity index (χ2n) is 6.43. The van der Waals surface area contributed by atoms with Crippen LogP contribution < -0.4 is 0 Å². The van der Waals surface area contributed by atoms with Crippen LogP contribution in [0, 0.1) is 26.7 Å². The van der Waals surface area contributed by atoms with Crippen LogP contribution in [0.15, 0.2) is 30.3 Å². The Morgan fingerprint density at radius 2 is 1.74 bits per heavy atom. The Kier molecular flexibility index (Phi) is 5.54. The number of nitrogens with zero attached hydrogens (tertiary/aromatic N) is 1. The molecule has 0 saturated carbocycles. The van der Waals surface area contributed by atoms with Crippen LogP contribution in [0.3, 0.4) is 0 Å². The van der Waals surface area contributed by atoms with Gasteiger partial charge in [-0.1, -0.05) is 44.2 Å². The second kappa shape index (κ2) is 7.40. The van der Waals surface area contributed by atoms with Gasteiger partial charge in [0.2, 0.25) is 0 Å². The molecule has 0 radical (unpaired) electrons. The lowest BCUT2D eigenvalue weighted by molar-refractivity contribution is 0.0464. The van der Waals surface area contributed by atoms with Gasteiger partial charge in [-0.25, -0.2) is 9.78 Å². The van der Waals surface area contributed by atoms with Gasteiger partial charge in [-0.3, -0.25) is 0 Å². The number of rotatable bonds is 5. The number of aromatic nitrogens is 1. The Bertz CT molecular complexity index is 691. The second-order valence-corrected chi connectivity index (χ2v) is 6.43. The first-order chi connectivity index (χ1) is 10.9. The predicted octanol–water partition coefficient (Wildman–Crippen LogP) is 4.56. The van der Waals surface area contributed by atoms with E-state index in [-0.39, 0.29) is 12.6 Å². The van der Waals surface area contributed by atoms with Gasteiger partial charge < -0.3 is 4.74 Å². The van der Waals surface area contributed by atoms with E-state index >= 15 is 0 Å². The van der Waals surface area contributed by atoms with Crippen molar-refractivity contribution in [3.05, 3.63) is 64.0 Å². The van der Waals surface area contributed by atoms with Crippen molar-refractivity contribution < 1.29 is 9.53 Å². The van der Waals surface area contributed by atoms with Gasteiger partial charge in [-0.05, 0) is 55.4 Å². The topological polar surface area (TPSA) is 39.2 Å². The first-order valence-corrected chi connectivity index (χ1v) is 8.07. The number of hydrogen-bond donors (Lipinski definition) is 0. The van der Waals surface area contributed by atoms with Gasteiger partial charge >= 0.3 is 5.97 Å². The van der Waals surface area contributed by atoms with Crippen molar-refractivity contribution in [1.29, 1.82) is 0 Å². The SMILES string of the molecule is Cc1nc(C(=O)OCc2ccccc2)c(C)c(CC(C)C)c1C.